The van der Waals surface area contributed by atoms with Gasteiger partial charge in [0.2, 0.25) is 11.7 Å². The van der Waals surface area contributed by atoms with Gasteiger partial charge < -0.3 is 4.74 Å². The summed E-state index contributed by atoms with van der Waals surface area (Å²) in [7, 11) is -1.71. The molecule has 1 unspecified atom stereocenters. The van der Waals surface area contributed by atoms with Crippen LogP contribution in [0.25, 0.3) is 5.65 Å². The molecule has 2 aliphatic rings. The van der Waals surface area contributed by atoms with Crippen LogP contribution in [-0.2, 0) is 30.1 Å². The lowest BCUT2D eigenvalue weighted by Crippen LogP contribution is -2.36. The molecule has 4 aromatic rings. The Hall–Kier alpha value is -3.45. The van der Waals surface area contributed by atoms with Crippen LogP contribution in [0.4, 0.5) is 17.6 Å². The van der Waals surface area contributed by atoms with Crippen LogP contribution in [0.3, 0.4) is 0 Å². The van der Waals surface area contributed by atoms with Crippen LogP contribution >= 0.6 is 0 Å². The highest BCUT2D eigenvalue weighted by Gasteiger charge is 2.50. The van der Waals surface area contributed by atoms with Gasteiger partial charge >= 0.3 is 6.18 Å². The summed E-state index contributed by atoms with van der Waals surface area (Å²) in [6.45, 7) is 4.23. The molecular weight excluding hydrogens is 524 g/mol. The number of alkyl halides is 3. The summed E-state index contributed by atoms with van der Waals surface area (Å²) in [5, 5.41) is 7.06. The molecule has 38 heavy (non-hydrogen) atoms. The highest BCUT2D eigenvalue weighted by Crippen LogP contribution is 2.45. The van der Waals surface area contributed by atoms with Crippen LogP contribution in [0.2, 0.25) is 0 Å². The van der Waals surface area contributed by atoms with Gasteiger partial charge in [0.15, 0.2) is 5.65 Å². The smallest absolute Gasteiger partial charge is 0.452 e. The zero-order valence-electron chi connectivity index (χ0n) is 20.4. The predicted octanol–water partition coefficient (Wildman–Crippen LogP) is 4.33. The maximum atomic E-state index is 13.9. The van der Waals surface area contributed by atoms with Crippen molar-refractivity contribution in [2.75, 3.05) is 6.54 Å². The minimum absolute atomic E-state index is 0.136. The van der Waals surface area contributed by atoms with Crippen molar-refractivity contribution in [2.24, 2.45) is 0 Å². The zero-order chi connectivity index (χ0) is 26.8. The van der Waals surface area contributed by atoms with Crippen molar-refractivity contribution in [1.29, 1.82) is 0 Å². The van der Waals surface area contributed by atoms with E-state index in [0.29, 0.717) is 29.9 Å². The minimum Gasteiger partial charge on any atom is -0.469 e. The molecule has 0 amide bonds. The number of aromatic nitrogens is 5. The molecule has 4 aromatic heterocycles. The first-order valence-corrected chi connectivity index (χ1v) is 13.0. The summed E-state index contributed by atoms with van der Waals surface area (Å²) >= 11 is 0. The summed E-state index contributed by atoms with van der Waals surface area (Å²) in [4.78, 5) is 9.02. The van der Waals surface area contributed by atoms with Crippen molar-refractivity contribution in [3.8, 4) is 5.88 Å². The van der Waals surface area contributed by atoms with E-state index in [2.05, 4.69) is 15.2 Å². The van der Waals surface area contributed by atoms with Crippen molar-refractivity contribution in [3.05, 3.63) is 76.4 Å². The van der Waals surface area contributed by atoms with Crippen molar-refractivity contribution in [1.82, 2.24) is 28.9 Å². The van der Waals surface area contributed by atoms with E-state index < -0.39 is 34.4 Å². The van der Waals surface area contributed by atoms with Gasteiger partial charge in [0, 0.05) is 18.3 Å². The predicted molar refractivity (Wildman–Crippen MR) is 128 cm³/mol. The number of nitrogens with zero attached hydrogens (tertiary/aromatic N) is 6. The van der Waals surface area contributed by atoms with Gasteiger partial charge in [-0.15, -0.1) is 10.2 Å². The molecule has 1 aliphatic carbocycles. The Morgan fingerprint density at radius 3 is 2.68 bits per heavy atom. The molecule has 1 aliphatic heterocycles. The summed E-state index contributed by atoms with van der Waals surface area (Å²) in [6.07, 6.45) is -0.313. The monoisotopic (exact) mass is 546 g/mol. The van der Waals surface area contributed by atoms with Crippen molar-refractivity contribution in [3.63, 3.8) is 0 Å². The van der Waals surface area contributed by atoms with Gasteiger partial charge in [-0.1, -0.05) is 6.07 Å². The number of hydrogen-bond acceptors (Lipinski definition) is 6. The van der Waals surface area contributed by atoms with Gasteiger partial charge in [-0.05, 0) is 61.6 Å². The summed E-state index contributed by atoms with van der Waals surface area (Å²) in [5.74, 6) is -1.47. The molecular formula is C25H22F4N6O2S. The van der Waals surface area contributed by atoms with E-state index in [1.165, 1.54) is 12.3 Å². The van der Waals surface area contributed by atoms with E-state index in [1.54, 1.807) is 17.3 Å². The third-order valence-corrected chi connectivity index (χ3v) is 8.34. The maximum absolute atomic E-state index is 13.9. The fourth-order valence-corrected chi connectivity index (χ4v) is 5.95. The van der Waals surface area contributed by atoms with E-state index in [-0.39, 0.29) is 23.0 Å². The largest absolute Gasteiger partial charge is 0.469 e. The van der Waals surface area contributed by atoms with Crippen LogP contribution in [0, 0.1) is 19.7 Å². The van der Waals surface area contributed by atoms with E-state index in [4.69, 9.17) is 9.72 Å². The standard InChI is InChI=1S/C25H22F4N6O2S/c1-14-3-4-18(9-16-5-8-35-21(15(16)2)32-33-23(35)25(27,28)29)31-19(14)12-34-13-24(6-7-24)37-22-20(38(34)36)10-17(26)11-30-22/h3-5,8,10-11H,6-7,9,12-13H2,1-2H3. The first-order chi connectivity index (χ1) is 18.0. The first kappa shape index (κ1) is 24.9. The highest BCUT2D eigenvalue weighted by atomic mass is 32.2. The lowest BCUT2D eigenvalue weighted by Gasteiger charge is -2.22. The zero-order valence-corrected chi connectivity index (χ0v) is 21.2. The number of aryl methyl sites for hydroxylation is 2. The second kappa shape index (κ2) is 8.80. The topological polar surface area (TPSA) is 85.5 Å². The Morgan fingerprint density at radius 1 is 1.16 bits per heavy atom. The Labute approximate surface area is 217 Å². The molecule has 0 N–H and O–H groups in total. The van der Waals surface area contributed by atoms with E-state index in [9.17, 15) is 21.8 Å². The van der Waals surface area contributed by atoms with Gasteiger partial charge in [0.25, 0.3) is 0 Å². The Bertz CT molecular complexity index is 1600. The van der Waals surface area contributed by atoms with Crippen LogP contribution < -0.4 is 4.74 Å². The molecule has 6 rings (SSSR count). The molecule has 0 radical (unpaired) electrons. The quantitative estimate of drug-likeness (QED) is 0.354. The van der Waals surface area contributed by atoms with Gasteiger partial charge in [-0.25, -0.2) is 17.9 Å². The van der Waals surface area contributed by atoms with E-state index >= 15 is 0 Å². The maximum Gasteiger partial charge on any atom is 0.452 e. The Balaban J connectivity index is 1.29. The third-order valence-electron chi connectivity index (χ3n) is 6.94. The van der Waals surface area contributed by atoms with Crippen molar-refractivity contribution < 1.29 is 26.5 Å². The molecule has 1 fully saturated rings. The fraction of sp³-hybridized carbons (Fsp3) is 0.360. The number of fused-ring (bicyclic) bond motifs is 2. The lowest BCUT2D eigenvalue weighted by atomic mass is 10.0. The Morgan fingerprint density at radius 2 is 1.95 bits per heavy atom. The molecule has 1 spiro atoms. The van der Waals surface area contributed by atoms with Crippen molar-refractivity contribution in [2.45, 2.75) is 56.3 Å². The summed E-state index contributed by atoms with van der Waals surface area (Å²) in [5.41, 5.74) is 3.25. The molecule has 13 heteroatoms. The van der Waals surface area contributed by atoms with Gasteiger partial charge in [0.05, 0.1) is 25.0 Å². The number of halogens is 4. The molecule has 1 saturated carbocycles. The molecule has 0 aromatic carbocycles. The normalized spacial score (nSPS) is 18.8. The van der Waals surface area contributed by atoms with Gasteiger partial charge in [0.1, 0.15) is 27.3 Å². The number of ether oxygens (including phenoxy) is 1. The molecule has 1 atom stereocenters. The second-order valence-corrected chi connectivity index (χ2v) is 11.2. The number of rotatable bonds is 4. The van der Waals surface area contributed by atoms with Crippen LogP contribution in [0.15, 0.2) is 41.6 Å². The Kier molecular flexibility index (Phi) is 5.76. The van der Waals surface area contributed by atoms with Crippen LogP contribution in [0.5, 0.6) is 5.88 Å². The molecule has 5 heterocycles. The van der Waals surface area contributed by atoms with Crippen LogP contribution in [0.1, 0.15) is 46.7 Å². The molecule has 198 valence electrons. The third kappa shape index (κ3) is 4.43. The van der Waals surface area contributed by atoms with Crippen molar-refractivity contribution >= 4 is 16.6 Å². The molecule has 8 nitrogen and oxygen atoms in total. The fourth-order valence-electron chi connectivity index (χ4n) is 4.62. The van der Waals surface area contributed by atoms with Crippen LogP contribution in [-0.4, -0.2) is 45.2 Å². The summed E-state index contributed by atoms with van der Waals surface area (Å²) in [6, 6.07) is 6.56. The number of pyridine rings is 3. The van der Waals surface area contributed by atoms with Gasteiger partial charge in [-0.3, -0.25) is 9.38 Å². The highest BCUT2D eigenvalue weighted by molar-refractivity contribution is 7.82. The number of hydrogen-bond donors (Lipinski definition) is 0. The first-order valence-electron chi connectivity index (χ1n) is 11.9. The SMILES string of the molecule is Cc1ccc(Cc2ccn3c(C(F)(F)F)nnc3c2C)nc1CN1CC2(CC2)Oc2ncc(F)cc2S1=O. The minimum atomic E-state index is -4.61. The average Bonchev–Trinajstić information content (AvgIpc) is 3.48. The lowest BCUT2D eigenvalue weighted by molar-refractivity contribution is -0.145. The van der Waals surface area contributed by atoms with E-state index in [0.717, 1.165) is 34.6 Å². The van der Waals surface area contributed by atoms with E-state index in [1.807, 2.05) is 19.1 Å². The second-order valence-electron chi connectivity index (χ2n) is 9.71. The average molecular weight is 547 g/mol. The molecule has 0 saturated heterocycles. The molecule has 0 bridgehead atoms. The summed E-state index contributed by atoms with van der Waals surface area (Å²) < 4.78 is 75.8. The van der Waals surface area contributed by atoms with Gasteiger partial charge in [-0.2, -0.15) is 13.2 Å².